The number of carbonyl (C=O) groups excluding carboxylic acids is 1. The van der Waals surface area contributed by atoms with Crippen LogP contribution in [0.3, 0.4) is 0 Å². The van der Waals surface area contributed by atoms with Crippen LogP contribution in [0.1, 0.15) is 21.6 Å². The molecule has 2 aromatic carbocycles. The number of aryl methyl sites for hydroxylation is 2. The van der Waals surface area contributed by atoms with Gasteiger partial charge in [-0.25, -0.2) is 9.97 Å². The molecule has 3 heterocycles. The van der Waals surface area contributed by atoms with Gasteiger partial charge in [0.05, 0.1) is 16.2 Å². The molecule has 0 aliphatic carbocycles. The van der Waals surface area contributed by atoms with Gasteiger partial charge in [0.25, 0.3) is 0 Å². The van der Waals surface area contributed by atoms with E-state index in [0.717, 1.165) is 10.9 Å². The number of carbonyl (C=O) groups is 1. The minimum atomic E-state index is -0.303. The second-order valence-electron chi connectivity index (χ2n) is 7.76. The topological polar surface area (TPSA) is 99.6 Å². The van der Waals surface area contributed by atoms with Crippen LogP contribution in [-0.4, -0.2) is 30.5 Å². The van der Waals surface area contributed by atoms with Crippen LogP contribution in [0, 0.1) is 6.92 Å². The van der Waals surface area contributed by atoms with Crippen molar-refractivity contribution in [2.75, 3.05) is 5.73 Å². The number of ketones is 1. The minimum absolute atomic E-state index is 0.0403. The summed E-state index contributed by atoms with van der Waals surface area (Å²) in [6, 6.07) is 16.5. The number of fused-ring (bicyclic) bond motifs is 1. The van der Waals surface area contributed by atoms with Gasteiger partial charge in [0.1, 0.15) is 11.4 Å². The molecule has 7 nitrogen and oxygen atoms in total. The molecule has 0 amide bonds. The first-order valence-electron chi connectivity index (χ1n) is 10.2. The van der Waals surface area contributed by atoms with Crippen molar-refractivity contribution >= 4 is 34.1 Å². The maximum atomic E-state index is 13.3. The minimum Gasteiger partial charge on any atom is -0.382 e. The van der Waals surface area contributed by atoms with Crippen molar-refractivity contribution in [1.82, 2.24) is 24.7 Å². The molecule has 0 aliphatic rings. The lowest BCUT2D eigenvalue weighted by molar-refractivity contribution is 0.103. The lowest BCUT2D eigenvalue weighted by Crippen LogP contribution is -2.12. The molecular weight excluding hydrogens is 436 g/mol. The number of hydrogen-bond donors (Lipinski definition) is 1. The van der Waals surface area contributed by atoms with Crippen LogP contribution in [0.2, 0.25) is 5.02 Å². The third kappa shape index (κ3) is 3.83. The Morgan fingerprint density at radius 2 is 1.82 bits per heavy atom. The molecule has 8 heteroatoms. The molecule has 0 fully saturated rings. The van der Waals surface area contributed by atoms with Gasteiger partial charge in [0.2, 0.25) is 5.78 Å². The number of pyridine rings is 1. The van der Waals surface area contributed by atoms with E-state index in [1.165, 1.54) is 0 Å². The second kappa shape index (κ2) is 8.11. The first-order chi connectivity index (χ1) is 15.9. The maximum absolute atomic E-state index is 13.3. The van der Waals surface area contributed by atoms with Crippen LogP contribution in [0.4, 0.5) is 5.82 Å². The van der Waals surface area contributed by atoms with Gasteiger partial charge in [-0.15, -0.1) is 0 Å². The molecular formula is C25H19ClN6O. The molecule has 3 aromatic heterocycles. The Bertz CT molecular complexity index is 1520. The Balaban J connectivity index is 1.75. The molecule has 162 valence electrons. The summed E-state index contributed by atoms with van der Waals surface area (Å²) in [5.41, 5.74) is 10.7. The fourth-order valence-corrected chi connectivity index (χ4v) is 3.94. The van der Waals surface area contributed by atoms with Gasteiger partial charge in [0, 0.05) is 36.0 Å². The molecule has 0 aliphatic heterocycles. The van der Waals surface area contributed by atoms with Crippen LogP contribution < -0.4 is 5.73 Å². The molecule has 0 saturated heterocycles. The van der Waals surface area contributed by atoms with Crippen LogP contribution >= 0.6 is 11.6 Å². The summed E-state index contributed by atoms with van der Waals surface area (Å²) in [7, 11) is 1.81. The third-order valence-corrected chi connectivity index (χ3v) is 5.63. The van der Waals surface area contributed by atoms with E-state index >= 15 is 0 Å². The molecule has 0 radical (unpaired) electrons. The summed E-state index contributed by atoms with van der Waals surface area (Å²) < 4.78 is 1.67. The van der Waals surface area contributed by atoms with Crippen molar-refractivity contribution < 1.29 is 4.79 Å². The summed E-state index contributed by atoms with van der Waals surface area (Å²) >= 11 is 6.54. The standard InChI is InChI=1S/C25H19ClN6O/c1-14-5-7-15(8-6-14)24(33)23-25(27)30-22(19-9-11-32(2)31-19)21(29-23)17-12-16-4-3-10-28-20(16)18(26)13-17/h3-13H,1-2H3,(H2,27,30). The van der Waals surface area contributed by atoms with E-state index in [0.29, 0.717) is 38.7 Å². The van der Waals surface area contributed by atoms with Crippen molar-refractivity contribution in [3.05, 3.63) is 88.8 Å². The normalized spacial score (nSPS) is 11.1. The zero-order valence-electron chi connectivity index (χ0n) is 18.0. The molecule has 0 saturated carbocycles. The number of benzene rings is 2. The largest absolute Gasteiger partial charge is 0.382 e. The fraction of sp³-hybridized carbons (Fsp3) is 0.0800. The highest BCUT2D eigenvalue weighted by molar-refractivity contribution is 6.35. The Hall–Kier alpha value is -4.10. The van der Waals surface area contributed by atoms with E-state index in [-0.39, 0.29) is 17.3 Å². The number of rotatable bonds is 4. The number of hydrogen-bond acceptors (Lipinski definition) is 6. The summed E-state index contributed by atoms with van der Waals surface area (Å²) in [5, 5.41) is 5.78. The van der Waals surface area contributed by atoms with Gasteiger partial charge in [0.15, 0.2) is 11.5 Å². The van der Waals surface area contributed by atoms with Crippen molar-refractivity contribution in [2.45, 2.75) is 6.92 Å². The smallest absolute Gasteiger partial charge is 0.215 e. The second-order valence-corrected chi connectivity index (χ2v) is 8.16. The van der Waals surface area contributed by atoms with Gasteiger partial charge in [-0.05, 0) is 31.2 Å². The third-order valence-electron chi connectivity index (χ3n) is 5.34. The van der Waals surface area contributed by atoms with E-state index in [9.17, 15) is 4.79 Å². The zero-order chi connectivity index (χ0) is 23.1. The quantitative estimate of drug-likeness (QED) is 0.389. The van der Waals surface area contributed by atoms with Crippen molar-refractivity contribution in [1.29, 1.82) is 0 Å². The molecule has 0 atom stereocenters. The van der Waals surface area contributed by atoms with Gasteiger partial charge >= 0.3 is 0 Å². The zero-order valence-corrected chi connectivity index (χ0v) is 18.7. The van der Waals surface area contributed by atoms with Gasteiger partial charge < -0.3 is 5.73 Å². The molecule has 33 heavy (non-hydrogen) atoms. The number of nitrogen functional groups attached to an aromatic ring is 1. The van der Waals surface area contributed by atoms with Crippen LogP contribution in [0.15, 0.2) is 67.0 Å². The average Bonchev–Trinajstić information content (AvgIpc) is 3.25. The van der Waals surface area contributed by atoms with E-state index in [1.807, 2.05) is 50.4 Å². The number of nitrogens with two attached hydrogens (primary N) is 1. The molecule has 5 aromatic rings. The Kier molecular flexibility index (Phi) is 5.11. The van der Waals surface area contributed by atoms with Gasteiger partial charge in [-0.2, -0.15) is 5.10 Å². The van der Waals surface area contributed by atoms with E-state index < -0.39 is 0 Å². The van der Waals surface area contributed by atoms with E-state index in [2.05, 4.69) is 15.1 Å². The number of aromatic nitrogens is 5. The first-order valence-corrected chi connectivity index (χ1v) is 10.6. The highest BCUT2D eigenvalue weighted by atomic mass is 35.5. The molecule has 2 N–H and O–H groups in total. The van der Waals surface area contributed by atoms with E-state index in [4.69, 9.17) is 22.3 Å². The highest BCUT2D eigenvalue weighted by Crippen LogP contribution is 2.34. The molecule has 0 spiro atoms. The maximum Gasteiger partial charge on any atom is 0.215 e. The van der Waals surface area contributed by atoms with E-state index in [1.54, 1.807) is 35.3 Å². The summed E-state index contributed by atoms with van der Waals surface area (Å²) in [5.74, 6) is -0.263. The fourth-order valence-electron chi connectivity index (χ4n) is 3.66. The summed E-state index contributed by atoms with van der Waals surface area (Å²) in [6.45, 7) is 1.96. The number of nitrogens with zero attached hydrogens (tertiary/aromatic N) is 5. The average molecular weight is 455 g/mol. The van der Waals surface area contributed by atoms with Crippen LogP contribution in [0.5, 0.6) is 0 Å². The number of anilines is 1. The Labute approximate surface area is 194 Å². The summed E-state index contributed by atoms with van der Waals surface area (Å²) in [4.78, 5) is 26.9. The highest BCUT2D eigenvalue weighted by Gasteiger charge is 2.22. The lowest BCUT2D eigenvalue weighted by atomic mass is 10.0. The SMILES string of the molecule is Cc1ccc(C(=O)c2nc(-c3cc(Cl)c4ncccc4c3)c(-c3ccn(C)n3)nc2N)cc1. The van der Waals surface area contributed by atoms with Gasteiger partial charge in [-0.3, -0.25) is 14.5 Å². The van der Waals surface area contributed by atoms with Crippen LogP contribution in [0.25, 0.3) is 33.5 Å². The number of halogens is 1. The Morgan fingerprint density at radius 1 is 1.03 bits per heavy atom. The van der Waals surface area contributed by atoms with Crippen LogP contribution in [-0.2, 0) is 7.05 Å². The molecule has 0 bridgehead atoms. The first kappa shape index (κ1) is 20.8. The predicted octanol–water partition coefficient (Wildman–Crippen LogP) is 4.87. The van der Waals surface area contributed by atoms with Crippen molar-refractivity contribution in [3.63, 3.8) is 0 Å². The Morgan fingerprint density at radius 3 is 2.55 bits per heavy atom. The van der Waals surface area contributed by atoms with Crippen molar-refractivity contribution in [3.8, 4) is 22.6 Å². The van der Waals surface area contributed by atoms with Gasteiger partial charge in [-0.1, -0.05) is 47.5 Å². The molecule has 0 unspecified atom stereocenters. The van der Waals surface area contributed by atoms with Crippen molar-refractivity contribution in [2.24, 2.45) is 7.05 Å². The lowest BCUT2D eigenvalue weighted by Gasteiger charge is -2.12. The monoisotopic (exact) mass is 454 g/mol. The summed E-state index contributed by atoms with van der Waals surface area (Å²) in [6.07, 6.45) is 3.49. The molecule has 5 rings (SSSR count). The predicted molar refractivity (Wildman–Crippen MR) is 129 cm³/mol.